The molecule has 0 amide bonds. The third-order valence-electron chi connectivity index (χ3n) is 3.95. The highest BCUT2D eigenvalue weighted by atomic mass is 35.5. The number of nitrogens with zero attached hydrogens (tertiary/aromatic N) is 1. The molecule has 1 heterocycles. The summed E-state index contributed by atoms with van der Waals surface area (Å²) >= 11 is 11.9. The highest BCUT2D eigenvalue weighted by Gasteiger charge is 2.13. The lowest BCUT2D eigenvalue weighted by Crippen LogP contribution is -2.18. The van der Waals surface area contributed by atoms with Crippen LogP contribution in [0.25, 0.3) is 0 Å². The first-order valence-electron chi connectivity index (χ1n) is 7.44. The number of likely N-dealkylation sites (tertiary alicyclic amines) is 1. The van der Waals surface area contributed by atoms with E-state index < -0.39 is 0 Å². The molecule has 114 valence electrons. The van der Waals surface area contributed by atoms with Gasteiger partial charge in [-0.25, -0.2) is 0 Å². The van der Waals surface area contributed by atoms with Crippen molar-refractivity contribution in [2.24, 2.45) is 0 Å². The van der Waals surface area contributed by atoms with E-state index in [2.05, 4.69) is 4.90 Å². The minimum Gasteiger partial charge on any atom is -0.299 e. The second-order valence-electron chi connectivity index (χ2n) is 5.67. The average molecular weight is 334 g/mol. The van der Waals surface area contributed by atoms with Crippen LogP contribution in [-0.2, 0) is 6.54 Å². The standard InChI is InChI=1S/C18H17Cl2NO/c19-16-9-15(10-17(20)11-16)18(22)14-5-3-13(4-6-14)12-21-7-1-2-8-21/h3-6,9-11H,1-2,7-8,12H2. The largest absolute Gasteiger partial charge is 0.299 e. The molecule has 4 heteroatoms. The van der Waals surface area contributed by atoms with Gasteiger partial charge in [-0.1, -0.05) is 47.5 Å². The van der Waals surface area contributed by atoms with Gasteiger partial charge in [0.1, 0.15) is 0 Å². The number of carbonyl (C=O) groups is 1. The molecule has 0 bridgehead atoms. The molecule has 1 aliphatic heterocycles. The van der Waals surface area contributed by atoms with E-state index in [4.69, 9.17) is 23.2 Å². The average Bonchev–Trinajstić information content (AvgIpc) is 2.99. The molecular weight excluding hydrogens is 317 g/mol. The van der Waals surface area contributed by atoms with Crippen molar-refractivity contribution in [1.29, 1.82) is 0 Å². The van der Waals surface area contributed by atoms with Crippen LogP contribution in [0.5, 0.6) is 0 Å². The van der Waals surface area contributed by atoms with Gasteiger partial charge in [0.2, 0.25) is 0 Å². The molecule has 0 unspecified atom stereocenters. The number of halogens is 2. The van der Waals surface area contributed by atoms with E-state index in [1.165, 1.54) is 31.5 Å². The summed E-state index contributed by atoms with van der Waals surface area (Å²) < 4.78 is 0. The molecule has 1 saturated heterocycles. The number of carbonyl (C=O) groups excluding carboxylic acids is 1. The molecule has 2 aromatic carbocycles. The van der Waals surface area contributed by atoms with Crippen LogP contribution in [-0.4, -0.2) is 23.8 Å². The van der Waals surface area contributed by atoms with E-state index in [1.54, 1.807) is 18.2 Å². The summed E-state index contributed by atoms with van der Waals surface area (Å²) in [6.07, 6.45) is 2.57. The van der Waals surface area contributed by atoms with Gasteiger partial charge in [0.15, 0.2) is 5.78 Å². The first-order valence-corrected chi connectivity index (χ1v) is 8.19. The van der Waals surface area contributed by atoms with Gasteiger partial charge in [0, 0.05) is 27.7 Å². The summed E-state index contributed by atoms with van der Waals surface area (Å²) in [5.41, 5.74) is 2.41. The van der Waals surface area contributed by atoms with E-state index in [0.29, 0.717) is 21.2 Å². The molecule has 0 radical (unpaired) electrons. The topological polar surface area (TPSA) is 20.3 Å². The van der Waals surface area contributed by atoms with Gasteiger partial charge in [-0.3, -0.25) is 9.69 Å². The highest BCUT2D eigenvalue weighted by Crippen LogP contribution is 2.22. The number of hydrogen-bond donors (Lipinski definition) is 0. The third kappa shape index (κ3) is 3.70. The monoisotopic (exact) mass is 333 g/mol. The molecule has 0 saturated carbocycles. The van der Waals surface area contributed by atoms with Gasteiger partial charge in [0.25, 0.3) is 0 Å². The molecule has 3 rings (SSSR count). The van der Waals surface area contributed by atoms with Crippen LogP contribution in [0, 0.1) is 0 Å². The Morgan fingerprint density at radius 2 is 1.50 bits per heavy atom. The second kappa shape index (κ2) is 6.82. The molecule has 0 atom stereocenters. The fraction of sp³-hybridized carbons (Fsp3) is 0.278. The lowest BCUT2D eigenvalue weighted by molar-refractivity contribution is 0.103. The van der Waals surface area contributed by atoms with Crippen LogP contribution in [0.4, 0.5) is 0 Å². The van der Waals surface area contributed by atoms with E-state index >= 15 is 0 Å². The van der Waals surface area contributed by atoms with Crippen LogP contribution in [0.15, 0.2) is 42.5 Å². The Balaban J connectivity index is 1.75. The SMILES string of the molecule is O=C(c1ccc(CN2CCCC2)cc1)c1cc(Cl)cc(Cl)c1. The van der Waals surface area contributed by atoms with Crippen molar-refractivity contribution in [2.75, 3.05) is 13.1 Å². The Morgan fingerprint density at radius 1 is 0.909 bits per heavy atom. The molecule has 22 heavy (non-hydrogen) atoms. The van der Waals surface area contributed by atoms with E-state index in [1.807, 2.05) is 24.3 Å². The Labute approximate surface area is 140 Å². The zero-order valence-corrected chi connectivity index (χ0v) is 13.7. The molecule has 0 aliphatic carbocycles. The van der Waals surface area contributed by atoms with Gasteiger partial charge in [-0.2, -0.15) is 0 Å². The molecule has 1 aliphatic rings. The van der Waals surface area contributed by atoms with Crippen molar-refractivity contribution in [2.45, 2.75) is 19.4 Å². The van der Waals surface area contributed by atoms with Crippen molar-refractivity contribution in [3.05, 3.63) is 69.2 Å². The van der Waals surface area contributed by atoms with Gasteiger partial charge in [0.05, 0.1) is 0 Å². The normalized spacial score (nSPS) is 15.2. The highest BCUT2D eigenvalue weighted by molar-refractivity contribution is 6.35. The fourth-order valence-electron chi connectivity index (χ4n) is 2.81. The minimum atomic E-state index is -0.0582. The van der Waals surface area contributed by atoms with E-state index in [0.717, 1.165) is 6.54 Å². The van der Waals surface area contributed by atoms with Crippen molar-refractivity contribution >= 4 is 29.0 Å². The predicted octanol–water partition coefficient (Wildman–Crippen LogP) is 4.82. The zero-order chi connectivity index (χ0) is 15.5. The second-order valence-corrected chi connectivity index (χ2v) is 6.54. The number of ketones is 1. The predicted molar refractivity (Wildman–Crippen MR) is 90.8 cm³/mol. The van der Waals surface area contributed by atoms with Crippen LogP contribution in [0.1, 0.15) is 34.3 Å². The smallest absolute Gasteiger partial charge is 0.193 e. The Morgan fingerprint density at radius 3 is 2.09 bits per heavy atom. The number of rotatable bonds is 4. The van der Waals surface area contributed by atoms with Gasteiger partial charge in [-0.15, -0.1) is 0 Å². The Kier molecular flexibility index (Phi) is 4.82. The molecular formula is C18H17Cl2NO. The quantitative estimate of drug-likeness (QED) is 0.747. The number of benzene rings is 2. The summed E-state index contributed by atoms with van der Waals surface area (Å²) in [4.78, 5) is 14.9. The maximum atomic E-state index is 12.5. The maximum Gasteiger partial charge on any atom is 0.193 e. The summed E-state index contributed by atoms with van der Waals surface area (Å²) in [7, 11) is 0. The van der Waals surface area contributed by atoms with Crippen LogP contribution in [0.2, 0.25) is 10.0 Å². The molecule has 0 spiro atoms. The van der Waals surface area contributed by atoms with Crippen LogP contribution < -0.4 is 0 Å². The molecule has 0 N–H and O–H groups in total. The Bertz CT molecular complexity index is 656. The van der Waals surface area contributed by atoms with Crippen molar-refractivity contribution < 1.29 is 4.79 Å². The third-order valence-corrected chi connectivity index (χ3v) is 4.38. The summed E-state index contributed by atoms with van der Waals surface area (Å²) in [6.45, 7) is 3.29. The Hall–Kier alpha value is -1.35. The van der Waals surface area contributed by atoms with Gasteiger partial charge < -0.3 is 0 Å². The van der Waals surface area contributed by atoms with Crippen molar-refractivity contribution in [1.82, 2.24) is 4.90 Å². The zero-order valence-electron chi connectivity index (χ0n) is 12.2. The van der Waals surface area contributed by atoms with Gasteiger partial charge >= 0.3 is 0 Å². The lowest BCUT2D eigenvalue weighted by atomic mass is 10.0. The summed E-state index contributed by atoms with van der Waals surface area (Å²) in [5, 5.41) is 0.947. The fourth-order valence-corrected chi connectivity index (χ4v) is 3.34. The summed E-state index contributed by atoms with van der Waals surface area (Å²) in [6, 6.07) is 12.7. The van der Waals surface area contributed by atoms with Crippen LogP contribution in [0.3, 0.4) is 0 Å². The van der Waals surface area contributed by atoms with E-state index in [9.17, 15) is 4.79 Å². The first kappa shape index (κ1) is 15.5. The number of hydrogen-bond acceptors (Lipinski definition) is 2. The lowest BCUT2D eigenvalue weighted by Gasteiger charge is -2.14. The minimum absolute atomic E-state index is 0.0582. The summed E-state index contributed by atoms with van der Waals surface area (Å²) in [5.74, 6) is -0.0582. The van der Waals surface area contributed by atoms with Crippen LogP contribution >= 0.6 is 23.2 Å². The van der Waals surface area contributed by atoms with Crippen molar-refractivity contribution in [3.8, 4) is 0 Å². The molecule has 2 aromatic rings. The van der Waals surface area contributed by atoms with Gasteiger partial charge in [-0.05, 0) is 49.7 Å². The molecule has 1 fully saturated rings. The molecule has 2 nitrogen and oxygen atoms in total. The van der Waals surface area contributed by atoms with Crippen molar-refractivity contribution in [3.63, 3.8) is 0 Å². The molecule has 0 aromatic heterocycles. The maximum absolute atomic E-state index is 12.5. The van der Waals surface area contributed by atoms with E-state index in [-0.39, 0.29) is 5.78 Å². The first-order chi connectivity index (χ1) is 10.6.